The first-order valence-electron chi connectivity index (χ1n) is 8.94. The molecule has 1 heterocycles. The molecule has 1 fully saturated rings. The van der Waals surface area contributed by atoms with Crippen LogP contribution in [-0.4, -0.2) is 54.9 Å². The van der Waals surface area contributed by atoms with Crippen LogP contribution in [0.2, 0.25) is 0 Å². The van der Waals surface area contributed by atoms with Gasteiger partial charge >= 0.3 is 0 Å². The molecule has 27 heavy (non-hydrogen) atoms. The van der Waals surface area contributed by atoms with E-state index in [1.165, 1.54) is 19.2 Å². The first-order valence-corrected chi connectivity index (χ1v) is 8.94. The van der Waals surface area contributed by atoms with Gasteiger partial charge in [0.25, 0.3) is 5.91 Å². The molecule has 5 nitrogen and oxygen atoms in total. The lowest BCUT2D eigenvalue weighted by atomic mass is 10.1. The minimum absolute atomic E-state index is 0.0145. The van der Waals surface area contributed by atoms with Crippen molar-refractivity contribution in [1.29, 1.82) is 0 Å². The van der Waals surface area contributed by atoms with Crippen LogP contribution in [0.3, 0.4) is 0 Å². The number of halogens is 1. The fourth-order valence-electron chi connectivity index (χ4n) is 3.14. The second-order valence-electron chi connectivity index (χ2n) is 6.68. The summed E-state index contributed by atoms with van der Waals surface area (Å²) in [6.07, 6.45) is 0.132. The molecule has 0 N–H and O–H groups in total. The summed E-state index contributed by atoms with van der Waals surface area (Å²) in [6.45, 7) is 3.93. The fraction of sp³-hybridized carbons (Fsp3) is 0.333. The van der Waals surface area contributed by atoms with Crippen molar-refractivity contribution in [3.8, 4) is 5.75 Å². The lowest BCUT2D eigenvalue weighted by Crippen LogP contribution is -2.51. The monoisotopic (exact) mass is 370 g/mol. The Labute approximate surface area is 158 Å². The van der Waals surface area contributed by atoms with Crippen LogP contribution in [0.15, 0.2) is 42.5 Å². The molecule has 0 bridgehead atoms. The van der Waals surface area contributed by atoms with E-state index in [4.69, 9.17) is 4.74 Å². The van der Waals surface area contributed by atoms with Gasteiger partial charge in [0.2, 0.25) is 5.91 Å². The van der Waals surface area contributed by atoms with Gasteiger partial charge in [-0.25, -0.2) is 4.39 Å². The molecule has 0 aromatic heterocycles. The summed E-state index contributed by atoms with van der Waals surface area (Å²) in [6, 6.07) is 12.0. The van der Waals surface area contributed by atoms with Gasteiger partial charge in [0.15, 0.2) is 11.6 Å². The van der Waals surface area contributed by atoms with Crippen LogP contribution in [0.4, 0.5) is 4.39 Å². The van der Waals surface area contributed by atoms with Crippen LogP contribution >= 0.6 is 0 Å². The standard InChI is InChI=1S/C21H23FN2O3/c1-15-3-6-17(7-4-15)21(26)24-11-9-23(10-12-24)20(25)14-16-5-8-19(27-2)18(22)13-16/h3-8,13H,9-12,14H2,1-2H3. The van der Waals surface area contributed by atoms with Crippen molar-refractivity contribution in [3.63, 3.8) is 0 Å². The van der Waals surface area contributed by atoms with Crippen molar-refractivity contribution in [2.45, 2.75) is 13.3 Å². The lowest BCUT2D eigenvalue weighted by molar-refractivity contribution is -0.131. The van der Waals surface area contributed by atoms with Crippen molar-refractivity contribution < 1.29 is 18.7 Å². The van der Waals surface area contributed by atoms with E-state index in [1.807, 2.05) is 31.2 Å². The van der Waals surface area contributed by atoms with Gasteiger partial charge in [-0.3, -0.25) is 9.59 Å². The number of nitrogens with zero attached hydrogens (tertiary/aromatic N) is 2. The third-order valence-electron chi connectivity index (χ3n) is 4.79. The van der Waals surface area contributed by atoms with Crippen LogP contribution in [-0.2, 0) is 11.2 Å². The molecule has 1 aliphatic heterocycles. The zero-order valence-corrected chi connectivity index (χ0v) is 15.6. The maximum absolute atomic E-state index is 13.8. The predicted molar refractivity (Wildman–Crippen MR) is 100 cm³/mol. The highest BCUT2D eigenvalue weighted by molar-refractivity contribution is 5.94. The summed E-state index contributed by atoms with van der Waals surface area (Å²) in [5.74, 6) is -0.396. The summed E-state index contributed by atoms with van der Waals surface area (Å²) < 4.78 is 18.7. The van der Waals surface area contributed by atoms with Crippen LogP contribution in [0.5, 0.6) is 5.75 Å². The first kappa shape index (κ1) is 18.9. The molecule has 0 radical (unpaired) electrons. The molecule has 3 rings (SSSR count). The summed E-state index contributed by atoms with van der Waals surface area (Å²) in [7, 11) is 1.40. The molecule has 2 amide bonds. The predicted octanol–water partition coefficient (Wildman–Crippen LogP) is 2.67. The average molecular weight is 370 g/mol. The van der Waals surface area contributed by atoms with Crippen molar-refractivity contribution in [1.82, 2.24) is 9.80 Å². The van der Waals surface area contributed by atoms with Crippen molar-refractivity contribution >= 4 is 11.8 Å². The van der Waals surface area contributed by atoms with Gasteiger partial charge in [-0.05, 0) is 36.8 Å². The third-order valence-corrected chi connectivity index (χ3v) is 4.79. The maximum atomic E-state index is 13.8. The molecule has 2 aromatic rings. The van der Waals surface area contributed by atoms with E-state index in [0.29, 0.717) is 37.3 Å². The molecule has 0 spiro atoms. The molecule has 2 aromatic carbocycles. The molecular weight excluding hydrogens is 347 g/mol. The van der Waals surface area contributed by atoms with Gasteiger partial charge in [-0.15, -0.1) is 0 Å². The summed E-state index contributed by atoms with van der Waals surface area (Å²) in [5.41, 5.74) is 2.38. The fourth-order valence-corrected chi connectivity index (χ4v) is 3.14. The number of ether oxygens (including phenoxy) is 1. The van der Waals surface area contributed by atoms with Crippen LogP contribution in [0.25, 0.3) is 0 Å². The van der Waals surface area contributed by atoms with E-state index in [-0.39, 0.29) is 24.0 Å². The molecule has 0 saturated carbocycles. The van der Waals surface area contributed by atoms with Gasteiger partial charge in [0.05, 0.1) is 13.5 Å². The highest BCUT2D eigenvalue weighted by Gasteiger charge is 2.25. The van der Waals surface area contributed by atoms with Gasteiger partial charge in [0, 0.05) is 31.7 Å². The van der Waals surface area contributed by atoms with Gasteiger partial charge in [-0.2, -0.15) is 0 Å². The Morgan fingerprint density at radius 1 is 1.00 bits per heavy atom. The zero-order chi connectivity index (χ0) is 19.4. The van der Waals surface area contributed by atoms with E-state index in [2.05, 4.69) is 0 Å². The Kier molecular flexibility index (Phi) is 5.74. The number of carbonyl (C=O) groups excluding carboxylic acids is 2. The molecule has 6 heteroatoms. The van der Waals surface area contributed by atoms with Crippen molar-refractivity contribution in [3.05, 3.63) is 65.0 Å². The van der Waals surface area contributed by atoms with E-state index in [0.717, 1.165) is 5.56 Å². The Morgan fingerprint density at radius 2 is 1.63 bits per heavy atom. The first-order chi connectivity index (χ1) is 13.0. The number of methoxy groups -OCH3 is 1. The number of aryl methyl sites for hydroxylation is 1. The van der Waals surface area contributed by atoms with Gasteiger partial charge in [-0.1, -0.05) is 23.8 Å². The van der Waals surface area contributed by atoms with Crippen molar-refractivity contribution in [2.24, 2.45) is 0 Å². The highest BCUT2D eigenvalue weighted by atomic mass is 19.1. The molecule has 0 atom stereocenters. The Hall–Kier alpha value is -2.89. The number of hydrogen-bond acceptors (Lipinski definition) is 3. The average Bonchev–Trinajstić information content (AvgIpc) is 2.68. The second-order valence-corrected chi connectivity index (χ2v) is 6.68. The normalized spacial score (nSPS) is 14.2. The number of amides is 2. The zero-order valence-electron chi connectivity index (χ0n) is 15.6. The van der Waals surface area contributed by atoms with E-state index >= 15 is 0 Å². The minimum Gasteiger partial charge on any atom is -0.494 e. The number of carbonyl (C=O) groups is 2. The third kappa shape index (κ3) is 4.45. The largest absolute Gasteiger partial charge is 0.494 e. The Morgan fingerprint density at radius 3 is 2.22 bits per heavy atom. The SMILES string of the molecule is COc1ccc(CC(=O)N2CCN(C(=O)c3ccc(C)cc3)CC2)cc1F. The molecule has 0 aliphatic carbocycles. The molecule has 1 aliphatic rings. The lowest BCUT2D eigenvalue weighted by Gasteiger charge is -2.35. The van der Waals surface area contributed by atoms with Crippen LogP contribution < -0.4 is 4.74 Å². The van der Waals surface area contributed by atoms with Gasteiger partial charge in [0.1, 0.15) is 0 Å². The highest BCUT2D eigenvalue weighted by Crippen LogP contribution is 2.19. The number of rotatable bonds is 4. The summed E-state index contributed by atoms with van der Waals surface area (Å²) in [5, 5.41) is 0. The Bertz CT molecular complexity index is 828. The van der Waals surface area contributed by atoms with Gasteiger partial charge < -0.3 is 14.5 Å². The topological polar surface area (TPSA) is 49.9 Å². The van der Waals surface area contributed by atoms with Crippen molar-refractivity contribution in [2.75, 3.05) is 33.3 Å². The maximum Gasteiger partial charge on any atom is 0.253 e. The molecule has 0 unspecified atom stereocenters. The quantitative estimate of drug-likeness (QED) is 0.831. The minimum atomic E-state index is -0.476. The molecule has 1 saturated heterocycles. The summed E-state index contributed by atoms with van der Waals surface area (Å²) >= 11 is 0. The van der Waals surface area contributed by atoms with E-state index in [9.17, 15) is 14.0 Å². The van der Waals surface area contributed by atoms with E-state index in [1.54, 1.807) is 15.9 Å². The molecular formula is C21H23FN2O3. The Balaban J connectivity index is 1.55. The number of piperazine rings is 1. The van der Waals surface area contributed by atoms with Crippen LogP contribution in [0, 0.1) is 12.7 Å². The second kappa shape index (κ2) is 8.20. The number of benzene rings is 2. The molecule has 142 valence electrons. The van der Waals surface area contributed by atoms with Crippen LogP contribution in [0.1, 0.15) is 21.5 Å². The van der Waals surface area contributed by atoms with E-state index < -0.39 is 5.82 Å². The smallest absolute Gasteiger partial charge is 0.253 e. The number of hydrogen-bond donors (Lipinski definition) is 0. The summed E-state index contributed by atoms with van der Waals surface area (Å²) in [4.78, 5) is 28.5.